The standard InChI is InChI=1S/C25H23F3N4O5/c26-25(27,28)17-5-8-20(21(11-17)35-15-33)22-29-30-23(37-22)24(34)32-13-19(14-32)36-18-6-3-16(4-7-18)12-31-9-1-2-10-31/h3-8,11,15,19H,1-2,9-10,12-14H2. The summed E-state index contributed by atoms with van der Waals surface area (Å²) in [6, 6.07) is 10.4. The van der Waals surface area contributed by atoms with Crippen LogP contribution in [-0.2, 0) is 17.5 Å². The average Bonchev–Trinajstić information content (AvgIpc) is 3.54. The number of alkyl halides is 3. The van der Waals surface area contributed by atoms with Crippen molar-refractivity contribution in [1.29, 1.82) is 0 Å². The Morgan fingerprint density at radius 3 is 2.49 bits per heavy atom. The highest BCUT2D eigenvalue weighted by Gasteiger charge is 2.36. The van der Waals surface area contributed by atoms with E-state index in [-0.39, 0.29) is 29.9 Å². The number of carbonyl (C=O) groups is 2. The molecule has 194 valence electrons. The Bertz CT molecular complexity index is 1270. The Kier molecular flexibility index (Phi) is 6.83. The lowest BCUT2D eigenvalue weighted by molar-refractivity contribution is -0.138. The van der Waals surface area contributed by atoms with E-state index in [0.29, 0.717) is 24.9 Å². The summed E-state index contributed by atoms with van der Waals surface area (Å²) in [5, 5.41) is 7.45. The first-order chi connectivity index (χ1) is 17.8. The van der Waals surface area contributed by atoms with Gasteiger partial charge < -0.3 is 18.8 Å². The van der Waals surface area contributed by atoms with E-state index in [1.54, 1.807) is 0 Å². The Hall–Kier alpha value is -3.93. The molecule has 3 heterocycles. The second kappa shape index (κ2) is 10.2. The number of nitrogens with zero attached hydrogens (tertiary/aromatic N) is 4. The minimum Gasteiger partial charge on any atom is -0.487 e. The molecule has 2 saturated heterocycles. The molecule has 2 aliphatic rings. The molecular formula is C25H23F3N4O5. The van der Waals surface area contributed by atoms with E-state index in [9.17, 15) is 22.8 Å². The smallest absolute Gasteiger partial charge is 0.416 e. The number of ether oxygens (including phenoxy) is 2. The van der Waals surface area contributed by atoms with E-state index in [1.807, 2.05) is 24.3 Å². The van der Waals surface area contributed by atoms with Gasteiger partial charge in [0.25, 0.3) is 12.4 Å². The molecule has 1 amide bonds. The fourth-order valence-electron chi connectivity index (χ4n) is 4.32. The largest absolute Gasteiger partial charge is 0.487 e. The summed E-state index contributed by atoms with van der Waals surface area (Å²) in [4.78, 5) is 27.4. The number of benzene rings is 2. The SMILES string of the molecule is O=COc1cc(C(F)(F)F)ccc1-c1nnc(C(=O)N2CC(Oc3ccc(CN4CCCC4)cc3)C2)o1. The number of rotatable bonds is 8. The molecule has 0 N–H and O–H groups in total. The Morgan fingerprint density at radius 2 is 1.81 bits per heavy atom. The Morgan fingerprint density at radius 1 is 1.08 bits per heavy atom. The number of halogens is 3. The quantitative estimate of drug-likeness (QED) is 0.417. The van der Waals surface area contributed by atoms with Crippen LogP contribution in [0.1, 0.15) is 34.7 Å². The van der Waals surface area contributed by atoms with Gasteiger partial charge in [-0.3, -0.25) is 14.5 Å². The maximum Gasteiger partial charge on any atom is 0.416 e. The van der Waals surface area contributed by atoms with Crippen LogP contribution in [0.15, 0.2) is 46.9 Å². The number of hydrogen-bond acceptors (Lipinski definition) is 8. The van der Waals surface area contributed by atoms with Gasteiger partial charge in [-0.1, -0.05) is 12.1 Å². The first kappa shape index (κ1) is 24.8. The van der Waals surface area contributed by atoms with Crippen molar-refractivity contribution in [1.82, 2.24) is 20.0 Å². The van der Waals surface area contributed by atoms with E-state index in [1.165, 1.54) is 23.3 Å². The lowest BCUT2D eigenvalue weighted by Gasteiger charge is -2.38. The van der Waals surface area contributed by atoms with Gasteiger partial charge in [0, 0.05) is 6.54 Å². The first-order valence-electron chi connectivity index (χ1n) is 11.7. The van der Waals surface area contributed by atoms with Gasteiger partial charge in [0.2, 0.25) is 0 Å². The van der Waals surface area contributed by atoms with Gasteiger partial charge in [0.1, 0.15) is 17.6 Å². The maximum atomic E-state index is 13.0. The molecule has 0 radical (unpaired) electrons. The van der Waals surface area contributed by atoms with E-state index in [4.69, 9.17) is 9.15 Å². The normalized spacial score (nSPS) is 16.5. The molecule has 2 aromatic carbocycles. The van der Waals surface area contributed by atoms with E-state index in [2.05, 4.69) is 19.8 Å². The zero-order valence-electron chi connectivity index (χ0n) is 19.6. The number of likely N-dealkylation sites (tertiary alicyclic amines) is 2. The van der Waals surface area contributed by atoms with Gasteiger partial charge in [-0.25, -0.2) is 0 Å². The van der Waals surface area contributed by atoms with Gasteiger partial charge >= 0.3 is 18.0 Å². The predicted octanol–water partition coefficient (Wildman–Crippen LogP) is 3.79. The van der Waals surface area contributed by atoms with Gasteiger partial charge in [0.05, 0.1) is 24.2 Å². The van der Waals surface area contributed by atoms with Crippen LogP contribution < -0.4 is 9.47 Å². The van der Waals surface area contributed by atoms with Crippen molar-refractivity contribution >= 4 is 12.4 Å². The number of carbonyl (C=O) groups excluding carboxylic acids is 2. The van der Waals surface area contributed by atoms with Crippen molar-refractivity contribution in [2.45, 2.75) is 31.7 Å². The summed E-state index contributed by atoms with van der Waals surface area (Å²) in [5.41, 5.74) is 0.156. The molecule has 0 saturated carbocycles. The van der Waals surface area contributed by atoms with Crippen LogP contribution in [0.25, 0.3) is 11.5 Å². The minimum atomic E-state index is -4.64. The molecule has 0 aliphatic carbocycles. The molecule has 2 aliphatic heterocycles. The second-order valence-electron chi connectivity index (χ2n) is 8.91. The van der Waals surface area contributed by atoms with Gasteiger partial charge in [-0.15, -0.1) is 10.2 Å². The van der Waals surface area contributed by atoms with Gasteiger partial charge in [-0.05, 0) is 61.8 Å². The number of hydrogen-bond donors (Lipinski definition) is 0. The fraction of sp³-hybridized carbons (Fsp3) is 0.360. The van der Waals surface area contributed by atoms with Crippen molar-refractivity contribution in [3.05, 3.63) is 59.5 Å². The van der Waals surface area contributed by atoms with Gasteiger partial charge in [-0.2, -0.15) is 13.2 Å². The molecule has 5 rings (SSSR count). The minimum absolute atomic E-state index is 0.0112. The van der Waals surface area contributed by atoms with Crippen molar-refractivity contribution < 1.29 is 36.7 Å². The zero-order valence-corrected chi connectivity index (χ0v) is 19.6. The highest BCUT2D eigenvalue weighted by atomic mass is 19.4. The number of aromatic nitrogens is 2. The third kappa shape index (κ3) is 5.58. The highest BCUT2D eigenvalue weighted by Crippen LogP contribution is 2.36. The molecule has 9 nitrogen and oxygen atoms in total. The molecule has 3 aromatic rings. The molecule has 37 heavy (non-hydrogen) atoms. The molecule has 1 aromatic heterocycles. The summed E-state index contributed by atoms with van der Waals surface area (Å²) in [5.74, 6) is -0.832. The molecule has 0 unspecified atom stereocenters. The van der Waals surface area contributed by atoms with Crippen LogP contribution >= 0.6 is 0 Å². The van der Waals surface area contributed by atoms with Crippen molar-refractivity contribution in [2.24, 2.45) is 0 Å². The van der Waals surface area contributed by atoms with Crippen LogP contribution in [0.3, 0.4) is 0 Å². The van der Waals surface area contributed by atoms with Crippen LogP contribution in [0.4, 0.5) is 13.2 Å². The van der Waals surface area contributed by atoms with Crippen LogP contribution in [0.5, 0.6) is 11.5 Å². The molecule has 12 heteroatoms. The molecule has 2 fully saturated rings. The summed E-state index contributed by atoms with van der Waals surface area (Å²) in [6.45, 7) is 3.79. The topological polar surface area (TPSA) is 98.0 Å². The lowest BCUT2D eigenvalue weighted by atomic mass is 10.1. The van der Waals surface area contributed by atoms with Gasteiger partial charge in [0.15, 0.2) is 0 Å². The van der Waals surface area contributed by atoms with Crippen molar-refractivity contribution in [2.75, 3.05) is 26.2 Å². The fourth-order valence-corrected chi connectivity index (χ4v) is 4.32. The summed E-state index contributed by atoms with van der Waals surface area (Å²) in [6.07, 6.45) is -2.35. The first-order valence-corrected chi connectivity index (χ1v) is 11.7. The summed E-state index contributed by atoms with van der Waals surface area (Å²) >= 11 is 0. The lowest BCUT2D eigenvalue weighted by Crippen LogP contribution is -2.56. The summed E-state index contributed by atoms with van der Waals surface area (Å²) < 4.78 is 55.0. The zero-order chi connectivity index (χ0) is 26.0. The third-order valence-electron chi connectivity index (χ3n) is 6.29. The van der Waals surface area contributed by atoms with Crippen LogP contribution in [-0.4, -0.2) is 64.7 Å². The molecule has 0 bridgehead atoms. The van der Waals surface area contributed by atoms with E-state index >= 15 is 0 Å². The summed E-state index contributed by atoms with van der Waals surface area (Å²) in [7, 11) is 0. The average molecular weight is 516 g/mol. The predicted molar refractivity (Wildman–Crippen MR) is 123 cm³/mol. The monoisotopic (exact) mass is 516 g/mol. The van der Waals surface area contributed by atoms with E-state index in [0.717, 1.165) is 31.8 Å². The van der Waals surface area contributed by atoms with Crippen LogP contribution in [0.2, 0.25) is 0 Å². The Labute approximate surface area is 209 Å². The maximum absolute atomic E-state index is 13.0. The van der Waals surface area contributed by atoms with Crippen molar-refractivity contribution in [3.63, 3.8) is 0 Å². The molecule has 0 atom stereocenters. The van der Waals surface area contributed by atoms with Crippen molar-refractivity contribution in [3.8, 4) is 23.0 Å². The Balaban J connectivity index is 1.18. The molecular weight excluding hydrogens is 493 g/mol. The highest BCUT2D eigenvalue weighted by molar-refractivity contribution is 5.90. The van der Waals surface area contributed by atoms with E-state index < -0.39 is 23.4 Å². The molecule has 0 spiro atoms. The van der Waals surface area contributed by atoms with Crippen LogP contribution in [0, 0.1) is 0 Å². The second-order valence-corrected chi connectivity index (χ2v) is 8.91. The number of amides is 1. The third-order valence-corrected chi connectivity index (χ3v) is 6.29.